The summed E-state index contributed by atoms with van der Waals surface area (Å²) in [5.41, 5.74) is 2.85. The lowest BCUT2D eigenvalue weighted by molar-refractivity contribution is -0.134. The van der Waals surface area contributed by atoms with E-state index in [2.05, 4.69) is 29.0 Å². The second-order valence-electron chi connectivity index (χ2n) is 10.1. The van der Waals surface area contributed by atoms with E-state index in [1.165, 1.54) is 29.5 Å². The molecule has 1 N–H and O–H groups in total. The van der Waals surface area contributed by atoms with Gasteiger partial charge in [-0.15, -0.1) is 0 Å². The summed E-state index contributed by atoms with van der Waals surface area (Å²) in [5, 5.41) is 0. The Labute approximate surface area is 199 Å². The summed E-state index contributed by atoms with van der Waals surface area (Å²) >= 11 is 0. The normalized spacial score (nSPS) is 29.8. The van der Waals surface area contributed by atoms with Crippen molar-refractivity contribution in [3.8, 4) is 0 Å². The van der Waals surface area contributed by atoms with Crippen LogP contribution in [0.25, 0.3) is 0 Å². The van der Waals surface area contributed by atoms with Gasteiger partial charge in [-0.3, -0.25) is 4.79 Å². The minimum absolute atomic E-state index is 0.116. The van der Waals surface area contributed by atoms with E-state index in [1.54, 1.807) is 0 Å². The minimum atomic E-state index is -3.57. The molecule has 2 atom stereocenters. The Morgan fingerprint density at radius 1 is 1.03 bits per heavy atom. The zero-order valence-corrected chi connectivity index (χ0v) is 20.9. The van der Waals surface area contributed by atoms with Crippen molar-refractivity contribution in [2.75, 3.05) is 27.2 Å². The van der Waals surface area contributed by atoms with E-state index in [4.69, 9.17) is 4.74 Å². The fourth-order valence-corrected chi connectivity index (χ4v) is 6.40. The SMILES string of the molecule is CN(C)S(=O)(=O)N[C@H]1CCN2C(=O)CCCCCc3cccc(c3)C3CCC(CC3)OC[C@@H]12. The first-order valence-corrected chi connectivity index (χ1v) is 14.0. The van der Waals surface area contributed by atoms with Crippen LogP contribution in [0.2, 0.25) is 0 Å². The van der Waals surface area contributed by atoms with Crippen LogP contribution >= 0.6 is 0 Å². The smallest absolute Gasteiger partial charge is 0.279 e. The molecule has 0 unspecified atom stereocenters. The summed E-state index contributed by atoms with van der Waals surface area (Å²) < 4.78 is 35.3. The summed E-state index contributed by atoms with van der Waals surface area (Å²) in [5.74, 6) is 0.704. The quantitative estimate of drug-likeness (QED) is 0.725. The number of amides is 1. The number of ether oxygens (including phenoxy) is 1. The van der Waals surface area contributed by atoms with Crippen molar-refractivity contribution in [2.45, 2.75) is 88.3 Å². The highest BCUT2D eigenvalue weighted by Gasteiger charge is 2.40. The zero-order valence-electron chi connectivity index (χ0n) is 20.0. The highest BCUT2D eigenvalue weighted by atomic mass is 32.2. The summed E-state index contributed by atoms with van der Waals surface area (Å²) in [6.45, 7) is 0.962. The van der Waals surface area contributed by atoms with E-state index < -0.39 is 10.2 Å². The first-order chi connectivity index (χ1) is 15.8. The molecule has 3 aliphatic heterocycles. The van der Waals surface area contributed by atoms with Crippen molar-refractivity contribution >= 4 is 16.1 Å². The molecular formula is C25H39N3O4S. The molecule has 1 amide bonds. The molecule has 1 aromatic rings. The number of rotatable bonds is 3. The molecule has 1 aromatic carbocycles. The van der Waals surface area contributed by atoms with Crippen LogP contribution in [0.3, 0.4) is 0 Å². The molecule has 0 spiro atoms. The first-order valence-electron chi connectivity index (χ1n) is 12.5. The molecule has 8 heteroatoms. The van der Waals surface area contributed by atoms with Gasteiger partial charge in [0.1, 0.15) is 0 Å². The summed E-state index contributed by atoms with van der Waals surface area (Å²) in [6.07, 6.45) is 9.55. The average molecular weight is 478 g/mol. The number of nitrogens with zero attached hydrogens (tertiary/aromatic N) is 2. The van der Waals surface area contributed by atoms with Crippen molar-refractivity contribution in [1.29, 1.82) is 0 Å². The van der Waals surface area contributed by atoms with E-state index in [1.807, 2.05) is 4.90 Å². The van der Waals surface area contributed by atoms with Gasteiger partial charge >= 0.3 is 0 Å². The Morgan fingerprint density at radius 3 is 2.55 bits per heavy atom. The molecule has 7 nitrogen and oxygen atoms in total. The molecule has 4 bridgehead atoms. The van der Waals surface area contributed by atoms with Gasteiger partial charge in [-0.05, 0) is 68.4 Å². The van der Waals surface area contributed by atoms with Crippen LogP contribution in [0, 0.1) is 0 Å². The van der Waals surface area contributed by atoms with Gasteiger partial charge in [-0.25, -0.2) is 0 Å². The first kappa shape index (κ1) is 24.6. The molecule has 5 rings (SSSR count). The van der Waals surface area contributed by atoms with Gasteiger partial charge in [-0.1, -0.05) is 30.7 Å². The standard InChI is InChI=1S/C25H39N3O4S/c1-27(2)33(30,31)26-23-15-16-28-24(23)18-32-22-13-11-20(12-14-22)21-9-6-8-19(17-21)7-4-3-5-10-25(28)29/h6,8-9,17,20,22-24,26H,3-5,7,10-16,18H2,1-2H3/t20?,22?,23-,24-/m0/s1. The van der Waals surface area contributed by atoms with Gasteiger partial charge in [0.05, 0.1) is 18.8 Å². The van der Waals surface area contributed by atoms with Gasteiger partial charge in [0.2, 0.25) is 5.91 Å². The fourth-order valence-electron chi connectivity index (χ4n) is 5.53. The number of hydrogen-bond acceptors (Lipinski definition) is 4. The van der Waals surface area contributed by atoms with Gasteiger partial charge in [0, 0.05) is 33.1 Å². The molecule has 4 aliphatic rings. The fraction of sp³-hybridized carbons (Fsp3) is 0.720. The van der Waals surface area contributed by atoms with E-state index in [9.17, 15) is 13.2 Å². The monoisotopic (exact) mass is 477 g/mol. The zero-order chi connectivity index (χ0) is 23.4. The van der Waals surface area contributed by atoms with Gasteiger partial charge < -0.3 is 9.64 Å². The number of benzene rings is 1. The molecule has 1 saturated heterocycles. The van der Waals surface area contributed by atoms with Crippen LogP contribution in [-0.2, 0) is 26.2 Å². The molecule has 184 valence electrons. The summed E-state index contributed by atoms with van der Waals surface area (Å²) in [7, 11) is -0.531. The Kier molecular flexibility index (Phi) is 8.10. The number of aryl methyl sites for hydroxylation is 1. The largest absolute Gasteiger partial charge is 0.376 e. The van der Waals surface area contributed by atoms with Crippen LogP contribution < -0.4 is 4.72 Å². The third-order valence-electron chi connectivity index (χ3n) is 7.60. The Hall–Kier alpha value is -1.48. The highest BCUT2D eigenvalue weighted by Crippen LogP contribution is 2.35. The average Bonchev–Trinajstić information content (AvgIpc) is 3.19. The van der Waals surface area contributed by atoms with Crippen molar-refractivity contribution in [1.82, 2.24) is 13.9 Å². The summed E-state index contributed by atoms with van der Waals surface area (Å²) in [6, 6.07) is 8.49. The number of carbonyl (C=O) groups is 1. The number of hydrogen-bond donors (Lipinski definition) is 1. The molecule has 3 heterocycles. The lowest BCUT2D eigenvalue weighted by atomic mass is 9.82. The van der Waals surface area contributed by atoms with Crippen LogP contribution in [0.15, 0.2) is 24.3 Å². The van der Waals surface area contributed by atoms with Gasteiger partial charge in [0.25, 0.3) is 10.2 Å². The molecule has 0 radical (unpaired) electrons. The Bertz CT molecular complexity index is 912. The molecule has 1 saturated carbocycles. The molecule has 1 aliphatic carbocycles. The third-order valence-corrected chi connectivity index (χ3v) is 9.16. The lowest BCUT2D eigenvalue weighted by Crippen LogP contribution is -2.51. The van der Waals surface area contributed by atoms with Crippen LogP contribution in [0.4, 0.5) is 0 Å². The van der Waals surface area contributed by atoms with E-state index in [-0.39, 0.29) is 24.1 Å². The topological polar surface area (TPSA) is 79.0 Å². The Balaban J connectivity index is 1.49. The van der Waals surface area contributed by atoms with Crippen molar-refractivity contribution in [3.63, 3.8) is 0 Å². The second kappa shape index (κ2) is 10.8. The predicted octanol–water partition coefficient (Wildman–Crippen LogP) is 3.21. The van der Waals surface area contributed by atoms with Crippen LogP contribution in [-0.4, -0.2) is 69.0 Å². The maximum atomic E-state index is 13.1. The van der Waals surface area contributed by atoms with Crippen LogP contribution in [0.1, 0.15) is 74.8 Å². The van der Waals surface area contributed by atoms with E-state index in [0.717, 1.165) is 51.4 Å². The maximum Gasteiger partial charge on any atom is 0.279 e. The number of carbonyl (C=O) groups excluding carboxylic acids is 1. The molecule has 0 aromatic heterocycles. The number of nitrogens with one attached hydrogen (secondary N) is 1. The van der Waals surface area contributed by atoms with Crippen molar-refractivity contribution in [3.05, 3.63) is 35.4 Å². The van der Waals surface area contributed by atoms with Crippen molar-refractivity contribution < 1.29 is 17.9 Å². The molecule has 33 heavy (non-hydrogen) atoms. The predicted molar refractivity (Wildman–Crippen MR) is 129 cm³/mol. The van der Waals surface area contributed by atoms with Gasteiger partial charge in [0.15, 0.2) is 0 Å². The summed E-state index contributed by atoms with van der Waals surface area (Å²) in [4.78, 5) is 14.9. The van der Waals surface area contributed by atoms with E-state index in [0.29, 0.717) is 31.9 Å². The van der Waals surface area contributed by atoms with Crippen LogP contribution in [0.5, 0.6) is 0 Å². The van der Waals surface area contributed by atoms with Crippen molar-refractivity contribution in [2.24, 2.45) is 0 Å². The minimum Gasteiger partial charge on any atom is -0.376 e. The maximum absolute atomic E-state index is 13.1. The van der Waals surface area contributed by atoms with Gasteiger partial charge in [-0.2, -0.15) is 17.4 Å². The highest BCUT2D eigenvalue weighted by molar-refractivity contribution is 7.87. The molecular weight excluding hydrogens is 438 g/mol. The Morgan fingerprint density at radius 2 is 1.79 bits per heavy atom. The lowest BCUT2D eigenvalue weighted by Gasteiger charge is -2.33. The van der Waals surface area contributed by atoms with E-state index >= 15 is 0 Å². The second-order valence-corrected chi connectivity index (χ2v) is 12.0. The molecule has 2 fully saturated rings. The third kappa shape index (κ3) is 6.15. The number of fused-ring (bicyclic) bond motifs is 8.